The van der Waals surface area contributed by atoms with E-state index in [1.165, 1.54) is 10.2 Å². The van der Waals surface area contributed by atoms with E-state index < -0.39 is 0 Å². The third kappa shape index (κ3) is 3.94. The molecule has 1 aromatic heterocycles. The molecule has 1 heterocycles. The average molecular weight is 414 g/mol. The number of aryl methyl sites for hydroxylation is 2. The molecule has 0 saturated carbocycles. The summed E-state index contributed by atoms with van der Waals surface area (Å²) in [4.78, 5) is 12.5. The van der Waals surface area contributed by atoms with Crippen molar-refractivity contribution in [1.82, 2.24) is 15.0 Å². The Kier molecular flexibility index (Phi) is 5.37. The number of halogens is 1. The maximum atomic E-state index is 12.5. The number of aromatic nitrogens is 3. The zero-order valence-electron chi connectivity index (χ0n) is 14.7. The highest BCUT2D eigenvalue weighted by molar-refractivity contribution is 9.10. The topological polar surface area (TPSA) is 85.8 Å². The third-order valence-corrected chi connectivity index (χ3v) is 5.06. The number of nitrogen functional groups attached to an aromatic ring is 1. The molecule has 3 N–H and O–H groups in total. The Hall–Kier alpha value is -2.67. The maximum Gasteiger partial charge on any atom is 0.280 e. The molecule has 0 unspecified atom stereocenters. The van der Waals surface area contributed by atoms with Crippen LogP contribution in [0.3, 0.4) is 0 Å². The van der Waals surface area contributed by atoms with Gasteiger partial charge in [-0.15, -0.1) is 5.10 Å². The molecule has 0 saturated heterocycles. The van der Waals surface area contributed by atoms with Gasteiger partial charge in [0.25, 0.3) is 5.91 Å². The van der Waals surface area contributed by atoms with Gasteiger partial charge in [-0.3, -0.25) is 4.79 Å². The largest absolute Gasteiger partial charge is 0.382 e. The van der Waals surface area contributed by atoms with Crippen molar-refractivity contribution in [1.29, 1.82) is 0 Å². The maximum absolute atomic E-state index is 12.5. The Bertz CT molecular complexity index is 934. The molecule has 0 aliphatic rings. The summed E-state index contributed by atoms with van der Waals surface area (Å²) >= 11 is 3.44. The Balaban J connectivity index is 1.74. The Morgan fingerprint density at radius 1 is 1.19 bits per heavy atom. The predicted octanol–water partition coefficient (Wildman–Crippen LogP) is 3.79. The fourth-order valence-electron chi connectivity index (χ4n) is 2.56. The molecule has 1 amide bonds. The molecule has 0 radical (unpaired) electrons. The van der Waals surface area contributed by atoms with Crippen molar-refractivity contribution < 1.29 is 4.79 Å². The predicted molar refractivity (Wildman–Crippen MR) is 106 cm³/mol. The first-order chi connectivity index (χ1) is 12.5. The van der Waals surface area contributed by atoms with E-state index in [1.54, 1.807) is 0 Å². The molecule has 6 nitrogen and oxygen atoms in total. The number of carbonyl (C=O) groups is 1. The Morgan fingerprint density at radius 3 is 2.54 bits per heavy atom. The monoisotopic (exact) mass is 413 g/mol. The van der Waals surface area contributed by atoms with Crippen LogP contribution >= 0.6 is 15.9 Å². The van der Waals surface area contributed by atoms with Crippen LogP contribution in [0.5, 0.6) is 0 Å². The zero-order valence-corrected chi connectivity index (χ0v) is 16.2. The second-order valence-corrected chi connectivity index (χ2v) is 6.92. The van der Waals surface area contributed by atoms with E-state index >= 15 is 0 Å². The normalized spacial score (nSPS) is 10.7. The molecule has 134 valence electrons. The molecule has 0 bridgehead atoms. The van der Waals surface area contributed by atoms with Gasteiger partial charge in [-0.2, -0.15) is 0 Å². The van der Waals surface area contributed by atoms with E-state index in [1.807, 2.05) is 37.3 Å². The summed E-state index contributed by atoms with van der Waals surface area (Å²) < 4.78 is 2.51. The lowest BCUT2D eigenvalue weighted by atomic mass is 10.1. The smallest absolute Gasteiger partial charge is 0.280 e. The SMILES string of the molecule is CCc1ccc(Cn2nnc(C(=O)Nc3ccc(Br)c(C)c3)c2N)cc1. The molecule has 2 aromatic carbocycles. The second-order valence-electron chi connectivity index (χ2n) is 6.07. The van der Waals surface area contributed by atoms with Crippen LogP contribution < -0.4 is 11.1 Å². The van der Waals surface area contributed by atoms with Crippen LogP contribution in [0.2, 0.25) is 0 Å². The molecule has 3 rings (SSSR count). The van der Waals surface area contributed by atoms with E-state index in [0.29, 0.717) is 12.2 Å². The van der Waals surface area contributed by atoms with Gasteiger partial charge < -0.3 is 11.1 Å². The van der Waals surface area contributed by atoms with Crippen LogP contribution in [0.1, 0.15) is 34.1 Å². The van der Waals surface area contributed by atoms with Gasteiger partial charge in [0.15, 0.2) is 11.5 Å². The molecule has 0 fully saturated rings. The van der Waals surface area contributed by atoms with Crippen LogP contribution in [0.15, 0.2) is 46.9 Å². The quantitative estimate of drug-likeness (QED) is 0.665. The molecule has 0 spiro atoms. The number of benzene rings is 2. The van der Waals surface area contributed by atoms with Crippen LogP contribution in [-0.2, 0) is 13.0 Å². The van der Waals surface area contributed by atoms with Gasteiger partial charge >= 0.3 is 0 Å². The minimum absolute atomic E-state index is 0.121. The van der Waals surface area contributed by atoms with Crippen molar-refractivity contribution in [2.75, 3.05) is 11.1 Å². The summed E-state index contributed by atoms with van der Waals surface area (Å²) in [7, 11) is 0. The van der Waals surface area contributed by atoms with Gasteiger partial charge in [0, 0.05) is 10.2 Å². The molecular weight excluding hydrogens is 394 g/mol. The highest BCUT2D eigenvalue weighted by Gasteiger charge is 2.18. The number of amides is 1. The van der Waals surface area contributed by atoms with Crippen LogP contribution in [-0.4, -0.2) is 20.9 Å². The number of carbonyl (C=O) groups excluding carboxylic acids is 1. The van der Waals surface area contributed by atoms with E-state index in [4.69, 9.17) is 5.73 Å². The summed E-state index contributed by atoms with van der Waals surface area (Å²) in [5.41, 5.74) is 10.2. The first-order valence-electron chi connectivity index (χ1n) is 8.32. The first-order valence-corrected chi connectivity index (χ1v) is 9.11. The summed E-state index contributed by atoms with van der Waals surface area (Å²) in [5, 5.41) is 10.8. The van der Waals surface area contributed by atoms with Crippen molar-refractivity contribution in [3.63, 3.8) is 0 Å². The number of nitrogens with two attached hydrogens (primary N) is 1. The Labute approximate surface area is 160 Å². The summed E-state index contributed by atoms with van der Waals surface area (Å²) in [6, 6.07) is 13.8. The van der Waals surface area contributed by atoms with Crippen LogP contribution in [0.4, 0.5) is 11.5 Å². The second kappa shape index (κ2) is 7.70. The number of nitrogens with zero attached hydrogens (tertiary/aromatic N) is 3. The molecule has 3 aromatic rings. The summed E-state index contributed by atoms with van der Waals surface area (Å²) in [6.45, 7) is 4.53. The van der Waals surface area contributed by atoms with Crippen molar-refractivity contribution >= 4 is 33.3 Å². The number of nitrogens with one attached hydrogen (secondary N) is 1. The standard InChI is InChI=1S/C19H20BrN5O/c1-3-13-4-6-14(7-5-13)11-25-18(21)17(23-24-25)19(26)22-15-8-9-16(20)12(2)10-15/h4-10H,3,11,21H2,1-2H3,(H,22,26). The van der Waals surface area contributed by atoms with Crippen LogP contribution in [0.25, 0.3) is 0 Å². The molecule has 0 atom stereocenters. The number of anilines is 2. The van der Waals surface area contributed by atoms with E-state index in [-0.39, 0.29) is 17.4 Å². The highest BCUT2D eigenvalue weighted by Crippen LogP contribution is 2.21. The number of hydrogen-bond donors (Lipinski definition) is 2. The molecule has 0 aliphatic carbocycles. The molecule has 0 aliphatic heterocycles. The van der Waals surface area contributed by atoms with Crippen LogP contribution in [0, 0.1) is 6.92 Å². The lowest BCUT2D eigenvalue weighted by molar-refractivity contribution is 0.102. The van der Waals surface area contributed by atoms with Gasteiger partial charge in [0.1, 0.15) is 0 Å². The number of rotatable bonds is 5. The minimum Gasteiger partial charge on any atom is -0.382 e. The van der Waals surface area contributed by atoms with Crippen molar-refractivity contribution in [3.05, 3.63) is 69.3 Å². The Morgan fingerprint density at radius 2 is 1.88 bits per heavy atom. The molecular formula is C19H20BrN5O. The van der Waals surface area contributed by atoms with E-state index in [9.17, 15) is 4.79 Å². The minimum atomic E-state index is -0.378. The lowest BCUT2D eigenvalue weighted by Gasteiger charge is -2.07. The molecule has 7 heteroatoms. The van der Waals surface area contributed by atoms with E-state index in [0.717, 1.165) is 22.0 Å². The van der Waals surface area contributed by atoms with Crippen molar-refractivity contribution in [3.8, 4) is 0 Å². The van der Waals surface area contributed by atoms with Gasteiger partial charge in [-0.25, -0.2) is 4.68 Å². The van der Waals surface area contributed by atoms with Gasteiger partial charge in [-0.1, -0.05) is 52.3 Å². The van der Waals surface area contributed by atoms with E-state index in [2.05, 4.69) is 50.6 Å². The van der Waals surface area contributed by atoms with Crippen molar-refractivity contribution in [2.24, 2.45) is 0 Å². The average Bonchev–Trinajstić information content (AvgIpc) is 2.99. The van der Waals surface area contributed by atoms with Crippen molar-refractivity contribution in [2.45, 2.75) is 26.8 Å². The number of hydrogen-bond acceptors (Lipinski definition) is 4. The highest BCUT2D eigenvalue weighted by atomic mass is 79.9. The van der Waals surface area contributed by atoms with Gasteiger partial charge in [0.05, 0.1) is 6.54 Å². The fourth-order valence-corrected chi connectivity index (χ4v) is 2.81. The molecule has 26 heavy (non-hydrogen) atoms. The van der Waals surface area contributed by atoms with Gasteiger partial charge in [0.2, 0.25) is 0 Å². The van der Waals surface area contributed by atoms with Gasteiger partial charge in [-0.05, 0) is 48.2 Å². The summed E-state index contributed by atoms with van der Waals surface area (Å²) in [6.07, 6.45) is 0.992. The zero-order chi connectivity index (χ0) is 18.7. The third-order valence-electron chi connectivity index (χ3n) is 4.17. The first kappa shape index (κ1) is 18.1. The lowest BCUT2D eigenvalue weighted by Crippen LogP contribution is -2.15. The summed E-state index contributed by atoms with van der Waals surface area (Å²) in [5.74, 6) is -0.132. The fraction of sp³-hybridized carbons (Fsp3) is 0.211.